The number of esters is 1. The van der Waals surface area contributed by atoms with Crippen molar-refractivity contribution in [2.24, 2.45) is 0 Å². The Balaban J connectivity index is 2.25. The molecular formula is C17H18INO2. The number of halogens is 1. The van der Waals surface area contributed by atoms with Gasteiger partial charge in [0.1, 0.15) is 5.54 Å². The third-order valence-electron chi connectivity index (χ3n) is 3.50. The summed E-state index contributed by atoms with van der Waals surface area (Å²) in [5.41, 5.74) is 1.15. The molecule has 2 rings (SSSR count). The monoisotopic (exact) mass is 395 g/mol. The summed E-state index contributed by atoms with van der Waals surface area (Å²) >= 11 is 2.25. The Morgan fingerprint density at radius 1 is 1.14 bits per heavy atom. The molecular weight excluding hydrogens is 377 g/mol. The summed E-state index contributed by atoms with van der Waals surface area (Å²) in [6, 6.07) is 17.9. The standard InChI is InChI=1S/C17H18INO2/c1-17(16(20)21-2,14-8-10-15(18)11-9-14)19-12-13-6-4-3-5-7-13/h3-11,19H,12H2,1-2H3. The van der Waals surface area contributed by atoms with Gasteiger partial charge in [-0.2, -0.15) is 0 Å². The minimum atomic E-state index is -0.866. The lowest BCUT2D eigenvalue weighted by molar-refractivity contribution is -0.148. The fourth-order valence-corrected chi connectivity index (χ4v) is 2.51. The van der Waals surface area contributed by atoms with Gasteiger partial charge < -0.3 is 4.74 Å². The molecule has 0 aliphatic heterocycles. The van der Waals surface area contributed by atoms with E-state index in [0.717, 1.165) is 14.7 Å². The summed E-state index contributed by atoms with van der Waals surface area (Å²) in [5, 5.41) is 3.32. The van der Waals surface area contributed by atoms with Gasteiger partial charge in [0, 0.05) is 10.1 Å². The molecule has 1 atom stereocenters. The summed E-state index contributed by atoms with van der Waals surface area (Å²) in [6.45, 7) is 2.45. The number of carbonyl (C=O) groups excluding carboxylic acids is 1. The highest BCUT2D eigenvalue weighted by atomic mass is 127. The number of carbonyl (C=O) groups is 1. The maximum absolute atomic E-state index is 12.3. The van der Waals surface area contributed by atoms with Crippen LogP contribution < -0.4 is 5.32 Å². The topological polar surface area (TPSA) is 38.3 Å². The van der Waals surface area contributed by atoms with Crippen LogP contribution in [0.25, 0.3) is 0 Å². The van der Waals surface area contributed by atoms with E-state index >= 15 is 0 Å². The average molecular weight is 395 g/mol. The molecule has 0 aliphatic rings. The predicted octanol–water partition coefficient (Wildman–Crippen LogP) is 3.47. The van der Waals surface area contributed by atoms with Crippen molar-refractivity contribution in [1.29, 1.82) is 0 Å². The van der Waals surface area contributed by atoms with E-state index in [-0.39, 0.29) is 5.97 Å². The Bertz CT molecular complexity index is 598. The van der Waals surface area contributed by atoms with E-state index in [1.807, 2.05) is 61.5 Å². The molecule has 0 saturated heterocycles. The van der Waals surface area contributed by atoms with Gasteiger partial charge in [0.2, 0.25) is 0 Å². The second-order valence-corrected chi connectivity index (χ2v) is 6.21. The van der Waals surface area contributed by atoms with E-state index < -0.39 is 5.54 Å². The van der Waals surface area contributed by atoms with Crippen LogP contribution in [0.1, 0.15) is 18.1 Å². The van der Waals surface area contributed by atoms with E-state index in [2.05, 4.69) is 27.9 Å². The molecule has 0 heterocycles. The van der Waals surface area contributed by atoms with Crippen LogP contribution in [-0.4, -0.2) is 13.1 Å². The molecule has 0 aromatic heterocycles. The second-order valence-electron chi connectivity index (χ2n) is 4.96. The van der Waals surface area contributed by atoms with Crippen molar-refractivity contribution in [2.45, 2.75) is 19.0 Å². The van der Waals surface area contributed by atoms with E-state index in [9.17, 15) is 4.79 Å². The Labute approximate surface area is 138 Å². The molecule has 1 N–H and O–H groups in total. The number of hydrogen-bond donors (Lipinski definition) is 1. The fraction of sp³-hybridized carbons (Fsp3) is 0.235. The van der Waals surface area contributed by atoms with Crippen LogP contribution in [0, 0.1) is 3.57 Å². The van der Waals surface area contributed by atoms with Crippen molar-refractivity contribution in [2.75, 3.05) is 7.11 Å². The number of nitrogens with one attached hydrogen (secondary N) is 1. The van der Waals surface area contributed by atoms with Crippen LogP contribution in [-0.2, 0) is 21.6 Å². The van der Waals surface area contributed by atoms with Gasteiger partial charge in [-0.15, -0.1) is 0 Å². The zero-order valence-corrected chi connectivity index (χ0v) is 14.3. The predicted molar refractivity (Wildman–Crippen MR) is 91.8 cm³/mol. The number of hydrogen-bond acceptors (Lipinski definition) is 3. The van der Waals surface area contributed by atoms with Crippen LogP contribution >= 0.6 is 22.6 Å². The summed E-state index contributed by atoms with van der Waals surface area (Å²) < 4.78 is 6.12. The normalized spacial score (nSPS) is 13.5. The lowest BCUT2D eigenvalue weighted by Gasteiger charge is -2.28. The van der Waals surface area contributed by atoms with Crippen molar-refractivity contribution in [1.82, 2.24) is 5.32 Å². The van der Waals surface area contributed by atoms with Crippen LogP contribution in [0.2, 0.25) is 0 Å². The molecule has 3 nitrogen and oxygen atoms in total. The summed E-state index contributed by atoms with van der Waals surface area (Å²) in [5.74, 6) is -0.292. The highest BCUT2D eigenvalue weighted by Gasteiger charge is 2.35. The first-order valence-electron chi connectivity index (χ1n) is 6.69. The highest BCUT2D eigenvalue weighted by Crippen LogP contribution is 2.24. The number of methoxy groups -OCH3 is 1. The van der Waals surface area contributed by atoms with Crippen molar-refractivity contribution >= 4 is 28.6 Å². The summed E-state index contributed by atoms with van der Waals surface area (Å²) in [4.78, 5) is 12.3. The Kier molecular flexibility index (Phi) is 5.36. The van der Waals surface area contributed by atoms with Crippen molar-refractivity contribution in [3.05, 3.63) is 69.3 Å². The molecule has 0 aliphatic carbocycles. The van der Waals surface area contributed by atoms with Crippen molar-refractivity contribution in [3.8, 4) is 0 Å². The lowest BCUT2D eigenvalue weighted by atomic mass is 9.91. The molecule has 0 bridgehead atoms. The van der Waals surface area contributed by atoms with E-state index in [1.54, 1.807) is 0 Å². The van der Waals surface area contributed by atoms with Gasteiger partial charge in [0.15, 0.2) is 0 Å². The number of rotatable bonds is 5. The Hall–Kier alpha value is -1.40. The van der Waals surface area contributed by atoms with Crippen molar-refractivity contribution < 1.29 is 9.53 Å². The maximum atomic E-state index is 12.3. The molecule has 2 aromatic carbocycles. The summed E-state index contributed by atoms with van der Waals surface area (Å²) in [7, 11) is 1.41. The second kappa shape index (κ2) is 7.04. The molecule has 4 heteroatoms. The van der Waals surface area contributed by atoms with Crippen LogP contribution in [0.3, 0.4) is 0 Å². The van der Waals surface area contributed by atoms with Gasteiger partial charge in [-0.3, -0.25) is 5.32 Å². The quantitative estimate of drug-likeness (QED) is 0.623. The molecule has 0 amide bonds. The Morgan fingerprint density at radius 2 is 1.76 bits per heavy atom. The first-order valence-corrected chi connectivity index (χ1v) is 7.77. The smallest absolute Gasteiger partial charge is 0.330 e. The number of ether oxygens (including phenoxy) is 1. The van der Waals surface area contributed by atoms with Crippen molar-refractivity contribution in [3.63, 3.8) is 0 Å². The van der Waals surface area contributed by atoms with Crippen LogP contribution in [0.15, 0.2) is 54.6 Å². The molecule has 0 spiro atoms. The van der Waals surface area contributed by atoms with Gasteiger partial charge in [-0.25, -0.2) is 4.79 Å². The number of benzene rings is 2. The first-order chi connectivity index (χ1) is 10.1. The van der Waals surface area contributed by atoms with E-state index in [4.69, 9.17) is 4.74 Å². The lowest BCUT2D eigenvalue weighted by Crippen LogP contribution is -2.47. The first kappa shape index (κ1) is 16.0. The maximum Gasteiger partial charge on any atom is 0.330 e. The van der Waals surface area contributed by atoms with Crippen LogP contribution in [0.5, 0.6) is 0 Å². The fourth-order valence-electron chi connectivity index (χ4n) is 2.15. The molecule has 1 unspecified atom stereocenters. The van der Waals surface area contributed by atoms with Gasteiger partial charge in [0.05, 0.1) is 7.11 Å². The molecule has 0 radical (unpaired) electrons. The highest BCUT2D eigenvalue weighted by molar-refractivity contribution is 14.1. The van der Waals surface area contributed by atoms with E-state index in [0.29, 0.717) is 6.54 Å². The van der Waals surface area contributed by atoms with E-state index in [1.165, 1.54) is 7.11 Å². The average Bonchev–Trinajstić information content (AvgIpc) is 2.53. The molecule has 21 heavy (non-hydrogen) atoms. The SMILES string of the molecule is COC(=O)C(C)(NCc1ccccc1)c1ccc(I)cc1. The zero-order valence-electron chi connectivity index (χ0n) is 12.1. The van der Waals surface area contributed by atoms with Gasteiger partial charge in [-0.1, -0.05) is 42.5 Å². The third-order valence-corrected chi connectivity index (χ3v) is 4.22. The molecule has 0 saturated carbocycles. The zero-order chi connectivity index (χ0) is 15.3. The molecule has 0 fully saturated rings. The van der Waals surface area contributed by atoms with Gasteiger partial charge in [-0.05, 0) is 52.8 Å². The minimum absolute atomic E-state index is 0.292. The minimum Gasteiger partial charge on any atom is -0.467 e. The largest absolute Gasteiger partial charge is 0.467 e. The molecule has 110 valence electrons. The van der Waals surface area contributed by atoms with Gasteiger partial charge >= 0.3 is 5.97 Å². The third kappa shape index (κ3) is 3.83. The van der Waals surface area contributed by atoms with Gasteiger partial charge in [0.25, 0.3) is 0 Å². The van der Waals surface area contributed by atoms with Crippen LogP contribution in [0.4, 0.5) is 0 Å². The summed E-state index contributed by atoms with van der Waals surface area (Å²) in [6.07, 6.45) is 0. The Morgan fingerprint density at radius 3 is 2.33 bits per heavy atom. The molecule has 2 aromatic rings.